The minimum absolute atomic E-state index is 0.0454. The standard InChI is InChI=1S/C16H15N5OS/c17-14(22)7-15-19-16(13-8-23-9-18-13)21(20-15)12-5-10-3-1-2-4-11(10)6-12/h1-4,8-9,12H,5-7H2,(H2,17,22). The van der Waals surface area contributed by atoms with Crippen LogP contribution in [-0.2, 0) is 24.1 Å². The molecule has 0 radical (unpaired) electrons. The van der Waals surface area contributed by atoms with Crippen molar-refractivity contribution in [3.63, 3.8) is 0 Å². The smallest absolute Gasteiger partial charge is 0.225 e. The molecule has 4 rings (SSSR count). The fraction of sp³-hybridized carbons (Fsp3) is 0.250. The lowest BCUT2D eigenvalue weighted by molar-refractivity contribution is -0.117. The molecule has 2 aromatic heterocycles. The Kier molecular flexibility index (Phi) is 3.42. The van der Waals surface area contributed by atoms with Gasteiger partial charge in [-0.15, -0.1) is 11.3 Å². The van der Waals surface area contributed by atoms with Crippen molar-refractivity contribution in [2.45, 2.75) is 25.3 Å². The average molecular weight is 325 g/mol. The molecule has 0 saturated heterocycles. The van der Waals surface area contributed by atoms with Gasteiger partial charge in [0, 0.05) is 5.38 Å². The van der Waals surface area contributed by atoms with Gasteiger partial charge in [0.2, 0.25) is 5.91 Å². The van der Waals surface area contributed by atoms with Gasteiger partial charge in [0.05, 0.1) is 18.0 Å². The van der Waals surface area contributed by atoms with E-state index in [-0.39, 0.29) is 12.5 Å². The molecule has 0 atom stereocenters. The molecule has 2 heterocycles. The zero-order valence-corrected chi connectivity index (χ0v) is 13.2. The molecular weight excluding hydrogens is 310 g/mol. The van der Waals surface area contributed by atoms with E-state index in [1.54, 1.807) is 5.51 Å². The number of carbonyl (C=O) groups is 1. The lowest BCUT2D eigenvalue weighted by atomic mass is 10.1. The van der Waals surface area contributed by atoms with Crippen LogP contribution >= 0.6 is 11.3 Å². The van der Waals surface area contributed by atoms with Crippen LogP contribution in [0.5, 0.6) is 0 Å². The minimum atomic E-state index is -0.429. The predicted molar refractivity (Wildman–Crippen MR) is 86.9 cm³/mol. The Morgan fingerprint density at radius 2 is 2.04 bits per heavy atom. The summed E-state index contributed by atoms with van der Waals surface area (Å²) in [6.45, 7) is 0. The van der Waals surface area contributed by atoms with E-state index in [4.69, 9.17) is 5.73 Å². The Morgan fingerprint density at radius 1 is 1.30 bits per heavy atom. The molecule has 116 valence electrons. The molecule has 3 aromatic rings. The Morgan fingerprint density at radius 3 is 2.65 bits per heavy atom. The molecule has 1 aliphatic carbocycles. The van der Waals surface area contributed by atoms with Gasteiger partial charge in [-0.2, -0.15) is 5.10 Å². The van der Waals surface area contributed by atoms with E-state index in [0.717, 1.165) is 18.5 Å². The number of primary amides is 1. The summed E-state index contributed by atoms with van der Waals surface area (Å²) >= 11 is 1.51. The zero-order chi connectivity index (χ0) is 15.8. The molecule has 0 spiro atoms. The Labute approximate surface area is 137 Å². The normalized spacial score (nSPS) is 14.1. The maximum atomic E-state index is 11.2. The SMILES string of the molecule is NC(=O)Cc1nc(-c2cscn2)n(C2Cc3ccccc3C2)n1. The molecule has 7 heteroatoms. The van der Waals surface area contributed by atoms with E-state index in [9.17, 15) is 4.79 Å². The summed E-state index contributed by atoms with van der Waals surface area (Å²) in [4.78, 5) is 20.0. The second-order valence-corrected chi connectivity index (χ2v) is 6.36. The largest absolute Gasteiger partial charge is 0.369 e. The molecule has 0 saturated carbocycles. The predicted octanol–water partition coefficient (Wildman–Crippen LogP) is 1.77. The number of nitrogens with two attached hydrogens (primary N) is 1. The fourth-order valence-corrected chi connectivity index (χ4v) is 3.59. The summed E-state index contributed by atoms with van der Waals surface area (Å²) in [6.07, 6.45) is 1.86. The number of nitrogens with zero attached hydrogens (tertiary/aromatic N) is 4. The van der Waals surface area contributed by atoms with E-state index in [0.29, 0.717) is 11.6 Å². The summed E-state index contributed by atoms with van der Waals surface area (Å²) in [6, 6.07) is 8.61. The Hall–Kier alpha value is -2.54. The zero-order valence-electron chi connectivity index (χ0n) is 12.3. The number of fused-ring (bicyclic) bond motifs is 1. The van der Waals surface area contributed by atoms with E-state index in [1.165, 1.54) is 22.5 Å². The van der Waals surface area contributed by atoms with Gasteiger partial charge in [-0.1, -0.05) is 24.3 Å². The van der Waals surface area contributed by atoms with Crippen molar-refractivity contribution in [3.8, 4) is 11.5 Å². The number of rotatable bonds is 4. The summed E-state index contributed by atoms with van der Waals surface area (Å²) < 4.78 is 1.91. The molecule has 0 fully saturated rings. The molecule has 1 aliphatic rings. The van der Waals surface area contributed by atoms with Crippen LogP contribution in [0.25, 0.3) is 11.5 Å². The number of aromatic nitrogens is 4. The molecule has 0 aliphatic heterocycles. The van der Waals surface area contributed by atoms with Gasteiger partial charge in [-0.3, -0.25) is 4.79 Å². The van der Waals surface area contributed by atoms with Gasteiger partial charge in [-0.25, -0.2) is 14.6 Å². The van der Waals surface area contributed by atoms with Crippen LogP contribution in [0.2, 0.25) is 0 Å². The van der Waals surface area contributed by atoms with Crippen LogP contribution in [0.4, 0.5) is 0 Å². The monoisotopic (exact) mass is 325 g/mol. The average Bonchev–Trinajstić information content (AvgIpc) is 3.24. The number of amides is 1. The summed E-state index contributed by atoms with van der Waals surface area (Å²) in [7, 11) is 0. The highest BCUT2D eigenvalue weighted by Crippen LogP contribution is 2.32. The fourth-order valence-electron chi connectivity index (χ4n) is 3.06. The van der Waals surface area contributed by atoms with Gasteiger partial charge in [0.25, 0.3) is 0 Å². The number of hydrogen-bond acceptors (Lipinski definition) is 5. The molecule has 6 nitrogen and oxygen atoms in total. The van der Waals surface area contributed by atoms with Crippen molar-refractivity contribution in [2.75, 3.05) is 0 Å². The number of benzene rings is 1. The summed E-state index contributed by atoms with van der Waals surface area (Å²) in [5, 5.41) is 6.48. The molecule has 1 amide bonds. The van der Waals surface area contributed by atoms with Crippen LogP contribution < -0.4 is 5.73 Å². The summed E-state index contributed by atoms with van der Waals surface area (Å²) in [5.74, 6) is 0.735. The van der Waals surface area contributed by atoms with Crippen molar-refractivity contribution >= 4 is 17.2 Å². The van der Waals surface area contributed by atoms with Crippen LogP contribution in [0, 0.1) is 0 Å². The van der Waals surface area contributed by atoms with Gasteiger partial charge < -0.3 is 5.73 Å². The van der Waals surface area contributed by atoms with Crippen LogP contribution in [-0.4, -0.2) is 25.7 Å². The van der Waals surface area contributed by atoms with E-state index in [2.05, 4.69) is 39.3 Å². The highest BCUT2D eigenvalue weighted by atomic mass is 32.1. The first-order valence-corrected chi connectivity index (χ1v) is 8.34. The summed E-state index contributed by atoms with van der Waals surface area (Å²) in [5.41, 5.74) is 10.5. The first kappa shape index (κ1) is 14.1. The van der Waals surface area contributed by atoms with Gasteiger partial charge >= 0.3 is 0 Å². The van der Waals surface area contributed by atoms with Crippen molar-refractivity contribution in [1.29, 1.82) is 0 Å². The number of carbonyl (C=O) groups excluding carboxylic acids is 1. The van der Waals surface area contributed by atoms with Crippen molar-refractivity contribution in [1.82, 2.24) is 19.7 Å². The highest BCUT2D eigenvalue weighted by Gasteiger charge is 2.27. The Bertz CT molecular complexity index is 830. The van der Waals surface area contributed by atoms with Crippen molar-refractivity contribution < 1.29 is 4.79 Å². The van der Waals surface area contributed by atoms with Gasteiger partial charge in [0.15, 0.2) is 11.6 Å². The minimum Gasteiger partial charge on any atom is -0.369 e. The molecule has 23 heavy (non-hydrogen) atoms. The van der Waals surface area contributed by atoms with Crippen molar-refractivity contribution in [3.05, 3.63) is 52.1 Å². The highest BCUT2D eigenvalue weighted by molar-refractivity contribution is 7.07. The van der Waals surface area contributed by atoms with Crippen molar-refractivity contribution in [2.24, 2.45) is 5.73 Å². The quantitative estimate of drug-likeness (QED) is 0.792. The molecular formula is C16H15N5OS. The first-order valence-electron chi connectivity index (χ1n) is 7.40. The third-order valence-corrected chi connectivity index (χ3v) is 4.63. The first-order chi connectivity index (χ1) is 11.2. The second-order valence-electron chi connectivity index (χ2n) is 5.64. The topological polar surface area (TPSA) is 86.7 Å². The Balaban J connectivity index is 1.73. The van der Waals surface area contributed by atoms with Gasteiger partial charge in [-0.05, 0) is 24.0 Å². The molecule has 1 aromatic carbocycles. The van der Waals surface area contributed by atoms with E-state index < -0.39 is 5.91 Å². The van der Waals surface area contributed by atoms with E-state index in [1.807, 2.05) is 10.1 Å². The van der Waals surface area contributed by atoms with E-state index >= 15 is 0 Å². The molecule has 0 bridgehead atoms. The third kappa shape index (κ3) is 2.63. The third-order valence-electron chi connectivity index (χ3n) is 4.04. The molecule has 2 N–H and O–H groups in total. The number of thiazole rings is 1. The number of hydrogen-bond donors (Lipinski definition) is 1. The van der Waals surface area contributed by atoms with Crippen LogP contribution in [0.15, 0.2) is 35.2 Å². The maximum absolute atomic E-state index is 11.2. The van der Waals surface area contributed by atoms with Gasteiger partial charge in [0.1, 0.15) is 5.69 Å². The maximum Gasteiger partial charge on any atom is 0.225 e. The van der Waals surface area contributed by atoms with Crippen LogP contribution in [0.1, 0.15) is 23.0 Å². The van der Waals surface area contributed by atoms with Crippen LogP contribution in [0.3, 0.4) is 0 Å². The molecule has 0 unspecified atom stereocenters. The lowest BCUT2D eigenvalue weighted by Gasteiger charge is -2.11. The lowest BCUT2D eigenvalue weighted by Crippen LogP contribution is -2.16. The second kappa shape index (κ2) is 5.58.